The molecule has 1 heterocycles. The number of aryl methyl sites for hydroxylation is 1. The maximum absolute atomic E-state index is 11.0. The molecule has 0 aliphatic heterocycles. The molecular weight excluding hydrogens is 216 g/mol. The molecule has 2 aromatic rings. The van der Waals surface area contributed by atoms with Crippen molar-refractivity contribution in [1.82, 2.24) is 9.78 Å². The molecule has 0 saturated carbocycles. The van der Waals surface area contributed by atoms with Gasteiger partial charge in [-0.3, -0.25) is 4.79 Å². The zero-order valence-corrected chi connectivity index (χ0v) is 9.55. The van der Waals surface area contributed by atoms with Crippen molar-refractivity contribution in [2.75, 3.05) is 0 Å². The van der Waals surface area contributed by atoms with E-state index in [1.807, 2.05) is 25.1 Å². The lowest BCUT2D eigenvalue weighted by Crippen LogP contribution is -2.09. The summed E-state index contributed by atoms with van der Waals surface area (Å²) in [6, 6.07) is 5.84. The van der Waals surface area contributed by atoms with Crippen molar-refractivity contribution in [3.63, 3.8) is 0 Å². The van der Waals surface area contributed by atoms with E-state index < -0.39 is 5.91 Å². The fraction of sp³-hybridized carbons (Fsp3) is 0.167. The van der Waals surface area contributed by atoms with Gasteiger partial charge >= 0.3 is 0 Å². The Kier molecular flexibility index (Phi) is 2.93. The summed E-state index contributed by atoms with van der Waals surface area (Å²) >= 11 is 0. The van der Waals surface area contributed by atoms with Crippen LogP contribution in [0.1, 0.15) is 21.5 Å². The lowest BCUT2D eigenvalue weighted by Gasteiger charge is -2.06. The minimum absolute atomic E-state index is 0.394. The number of aromatic nitrogens is 2. The molecule has 0 radical (unpaired) electrons. The Morgan fingerprint density at radius 3 is 2.76 bits per heavy atom. The van der Waals surface area contributed by atoms with Crippen molar-refractivity contribution < 1.29 is 4.79 Å². The van der Waals surface area contributed by atoms with Crippen LogP contribution in [0.15, 0.2) is 30.6 Å². The second-order valence-electron chi connectivity index (χ2n) is 3.85. The molecule has 5 nitrogen and oxygen atoms in total. The molecule has 0 atom stereocenters. The largest absolute Gasteiger partial charge is 0.366 e. The van der Waals surface area contributed by atoms with Crippen LogP contribution in [0, 0.1) is 6.92 Å². The molecule has 0 saturated heterocycles. The van der Waals surface area contributed by atoms with Gasteiger partial charge in [-0.15, -0.1) is 0 Å². The monoisotopic (exact) mass is 230 g/mol. The highest BCUT2D eigenvalue weighted by Crippen LogP contribution is 2.14. The molecule has 0 fully saturated rings. The first-order valence-electron chi connectivity index (χ1n) is 5.26. The third kappa shape index (κ3) is 2.19. The van der Waals surface area contributed by atoms with E-state index in [9.17, 15) is 4.79 Å². The van der Waals surface area contributed by atoms with Crippen LogP contribution in [0.4, 0.5) is 0 Å². The van der Waals surface area contributed by atoms with Crippen molar-refractivity contribution in [2.24, 2.45) is 11.5 Å². The minimum Gasteiger partial charge on any atom is -0.366 e. The van der Waals surface area contributed by atoms with Crippen LogP contribution in [0.3, 0.4) is 0 Å². The van der Waals surface area contributed by atoms with Crippen LogP contribution in [0.25, 0.3) is 5.69 Å². The van der Waals surface area contributed by atoms with Crippen molar-refractivity contribution in [3.8, 4) is 5.69 Å². The van der Waals surface area contributed by atoms with Gasteiger partial charge in [0.15, 0.2) is 0 Å². The summed E-state index contributed by atoms with van der Waals surface area (Å²) < 4.78 is 1.62. The number of nitrogens with two attached hydrogens (primary N) is 2. The van der Waals surface area contributed by atoms with Crippen LogP contribution in [-0.2, 0) is 6.54 Å². The lowest BCUT2D eigenvalue weighted by molar-refractivity contribution is 0.100. The molecule has 0 aliphatic rings. The molecule has 0 aliphatic carbocycles. The molecule has 1 aromatic heterocycles. The van der Waals surface area contributed by atoms with Gasteiger partial charge in [-0.05, 0) is 30.2 Å². The van der Waals surface area contributed by atoms with Crippen LogP contribution in [-0.4, -0.2) is 15.7 Å². The second-order valence-corrected chi connectivity index (χ2v) is 3.85. The molecule has 4 N–H and O–H groups in total. The Morgan fingerprint density at radius 1 is 1.47 bits per heavy atom. The SMILES string of the molecule is Cc1cc(-n2cc(C(N)=O)cn2)ccc1CN. The summed E-state index contributed by atoms with van der Waals surface area (Å²) in [5.74, 6) is -0.480. The van der Waals surface area contributed by atoms with E-state index in [0.29, 0.717) is 12.1 Å². The highest BCUT2D eigenvalue weighted by atomic mass is 16.1. The van der Waals surface area contributed by atoms with Crippen molar-refractivity contribution in [2.45, 2.75) is 13.5 Å². The number of carbonyl (C=O) groups excluding carboxylic acids is 1. The number of amides is 1. The number of nitrogens with zero attached hydrogens (tertiary/aromatic N) is 2. The van der Waals surface area contributed by atoms with Crippen molar-refractivity contribution in [1.29, 1.82) is 0 Å². The second kappa shape index (κ2) is 4.39. The maximum Gasteiger partial charge on any atom is 0.251 e. The fourth-order valence-corrected chi connectivity index (χ4v) is 1.64. The molecule has 88 valence electrons. The third-order valence-corrected chi connectivity index (χ3v) is 2.68. The molecular formula is C12H14N4O. The fourth-order valence-electron chi connectivity index (χ4n) is 1.64. The Labute approximate surface area is 99.0 Å². The number of rotatable bonds is 3. The lowest BCUT2D eigenvalue weighted by atomic mass is 10.1. The van der Waals surface area contributed by atoms with E-state index in [-0.39, 0.29) is 0 Å². The third-order valence-electron chi connectivity index (χ3n) is 2.68. The Balaban J connectivity index is 2.39. The quantitative estimate of drug-likeness (QED) is 0.815. The van der Waals surface area contributed by atoms with Crippen molar-refractivity contribution in [3.05, 3.63) is 47.3 Å². The van der Waals surface area contributed by atoms with E-state index >= 15 is 0 Å². The van der Waals surface area contributed by atoms with Gasteiger partial charge in [0.2, 0.25) is 0 Å². The highest BCUT2D eigenvalue weighted by Gasteiger charge is 2.06. The van der Waals surface area contributed by atoms with Gasteiger partial charge in [0, 0.05) is 12.7 Å². The summed E-state index contributed by atoms with van der Waals surface area (Å²) in [7, 11) is 0. The number of hydrogen-bond acceptors (Lipinski definition) is 3. The van der Waals surface area contributed by atoms with Crippen LogP contribution < -0.4 is 11.5 Å². The molecule has 1 aromatic carbocycles. The van der Waals surface area contributed by atoms with E-state index in [1.54, 1.807) is 10.9 Å². The Hall–Kier alpha value is -2.14. The predicted molar refractivity (Wildman–Crippen MR) is 64.7 cm³/mol. The molecule has 1 amide bonds. The Morgan fingerprint density at radius 2 is 2.24 bits per heavy atom. The Bertz CT molecular complexity index is 559. The summed E-state index contributed by atoms with van der Waals surface area (Å²) in [6.07, 6.45) is 3.06. The summed E-state index contributed by atoms with van der Waals surface area (Å²) in [6.45, 7) is 2.50. The van der Waals surface area contributed by atoms with Gasteiger partial charge in [0.1, 0.15) is 0 Å². The number of carbonyl (C=O) groups is 1. The number of primary amides is 1. The predicted octanol–water partition coefficient (Wildman–Crippen LogP) is 0.738. The highest BCUT2D eigenvalue weighted by molar-refractivity contribution is 5.92. The zero-order valence-electron chi connectivity index (χ0n) is 9.55. The van der Waals surface area contributed by atoms with Gasteiger partial charge in [0.05, 0.1) is 17.4 Å². The summed E-state index contributed by atoms with van der Waals surface area (Å²) in [5.41, 5.74) is 14.2. The summed E-state index contributed by atoms with van der Waals surface area (Å²) in [5, 5.41) is 4.09. The number of benzene rings is 1. The van der Waals surface area contributed by atoms with Crippen molar-refractivity contribution >= 4 is 5.91 Å². The summed E-state index contributed by atoms with van der Waals surface area (Å²) in [4.78, 5) is 11.0. The standard InChI is InChI=1S/C12H14N4O/c1-8-4-11(3-2-9(8)5-13)16-7-10(6-15-16)12(14)17/h2-4,6-7H,5,13H2,1H3,(H2,14,17). The van der Waals surface area contributed by atoms with Gasteiger partial charge in [0.25, 0.3) is 5.91 Å². The molecule has 0 unspecified atom stereocenters. The van der Waals surface area contributed by atoms with Gasteiger partial charge in [-0.1, -0.05) is 6.07 Å². The first kappa shape index (κ1) is 11.3. The molecule has 2 rings (SSSR count). The van der Waals surface area contributed by atoms with Gasteiger partial charge < -0.3 is 11.5 Å². The first-order valence-corrected chi connectivity index (χ1v) is 5.26. The topological polar surface area (TPSA) is 86.9 Å². The molecule has 5 heteroatoms. The average Bonchev–Trinajstić information content (AvgIpc) is 2.78. The first-order chi connectivity index (χ1) is 8.11. The number of hydrogen-bond donors (Lipinski definition) is 2. The van der Waals surface area contributed by atoms with Crippen LogP contribution >= 0.6 is 0 Å². The van der Waals surface area contributed by atoms with E-state index in [2.05, 4.69) is 5.10 Å². The van der Waals surface area contributed by atoms with E-state index in [0.717, 1.165) is 16.8 Å². The molecule has 0 spiro atoms. The average molecular weight is 230 g/mol. The normalized spacial score (nSPS) is 10.5. The van der Waals surface area contributed by atoms with E-state index in [4.69, 9.17) is 11.5 Å². The maximum atomic E-state index is 11.0. The molecule has 17 heavy (non-hydrogen) atoms. The molecule has 0 bridgehead atoms. The van der Waals surface area contributed by atoms with E-state index in [1.165, 1.54) is 6.20 Å². The van der Waals surface area contributed by atoms with Crippen LogP contribution in [0.5, 0.6) is 0 Å². The zero-order chi connectivity index (χ0) is 12.4. The minimum atomic E-state index is -0.480. The smallest absolute Gasteiger partial charge is 0.251 e. The van der Waals surface area contributed by atoms with Crippen LogP contribution in [0.2, 0.25) is 0 Å². The van der Waals surface area contributed by atoms with Gasteiger partial charge in [-0.25, -0.2) is 4.68 Å². The van der Waals surface area contributed by atoms with Gasteiger partial charge in [-0.2, -0.15) is 5.10 Å².